The molecule has 0 spiro atoms. The monoisotopic (exact) mass is 291 g/mol. The van der Waals surface area contributed by atoms with Gasteiger partial charge in [0.1, 0.15) is 0 Å². The van der Waals surface area contributed by atoms with Gasteiger partial charge in [-0.05, 0) is 38.3 Å². The highest BCUT2D eigenvalue weighted by Crippen LogP contribution is 2.29. The molecular weight excluding hydrogens is 266 g/mol. The Bertz CT molecular complexity index is 496. The minimum absolute atomic E-state index is 0.209. The molecule has 0 radical (unpaired) electrons. The third kappa shape index (κ3) is 3.94. The molecular formula is C16H25N3O2. The quantitative estimate of drug-likeness (QED) is 0.646. The SMILES string of the molecule is Cc1c(N(CC(C)C)CC2CCCN2)cccc1[N+](=O)[O-]. The van der Waals surface area contributed by atoms with Crippen molar-refractivity contribution in [2.45, 2.75) is 39.7 Å². The molecule has 0 bridgehead atoms. The molecule has 1 atom stereocenters. The Morgan fingerprint density at radius 2 is 2.24 bits per heavy atom. The summed E-state index contributed by atoms with van der Waals surface area (Å²) in [5, 5.41) is 14.6. The highest BCUT2D eigenvalue weighted by Gasteiger charge is 2.22. The lowest BCUT2D eigenvalue weighted by Crippen LogP contribution is -2.39. The van der Waals surface area contributed by atoms with Crippen molar-refractivity contribution in [1.82, 2.24) is 5.32 Å². The van der Waals surface area contributed by atoms with Crippen molar-refractivity contribution in [3.05, 3.63) is 33.9 Å². The zero-order chi connectivity index (χ0) is 15.4. The third-order valence-corrected chi connectivity index (χ3v) is 4.00. The predicted octanol–water partition coefficient (Wildman–Crippen LogP) is 3.12. The Hall–Kier alpha value is -1.62. The summed E-state index contributed by atoms with van der Waals surface area (Å²) in [6, 6.07) is 5.86. The van der Waals surface area contributed by atoms with Crippen LogP contribution in [-0.2, 0) is 0 Å². The van der Waals surface area contributed by atoms with Gasteiger partial charge in [-0.25, -0.2) is 0 Å². The molecule has 1 N–H and O–H groups in total. The predicted molar refractivity (Wildman–Crippen MR) is 85.9 cm³/mol. The maximum absolute atomic E-state index is 11.1. The lowest BCUT2D eigenvalue weighted by Gasteiger charge is -2.30. The summed E-state index contributed by atoms with van der Waals surface area (Å²) in [5.74, 6) is 0.519. The standard InChI is InChI=1S/C16H25N3O2/c1-12(2)10-18(11-14-6-5-9-17-14)15-7-4-8-16(13(15)3)19(20)21/h4,7-8,12,14,17H,5-6,9-11H2,1-3H3. The molecule has 1 saturated heterocycles. The zero-order valence-electron chi connectivity index (χ0n) is 13.1. The van der Waals surface area contributed by atoms with E-state index in [0.29, 0.717) is 12.0 Å². The molecule has 1 aromatic carbocycles. The molecule has 5 heteroatoms. The summed E-state index contributed by atoms with van der Waals surface area (Å²) in [6.45, 7) is 9.13. The number of nitrogens with zero attached hydrogens (tertiary/aromatic N) is 2. The fraction of sp³-hybridized carbons (Fsp3) is 0.625. The van der Waals surface area contributed by atoms with Gasteiger partial charge in [0.15, 0.2) is 0 Å². The first kappa shape index (κ1) is 15.8. The average Bonchev–Trinajstić information content (AvgIpc) is 2.90. The van der Waals surface area contributed by atoms with E-state index in [4.69, 9.17) is 0 Å². The van der Waals surface area contributed by atoms with E-state index in [1.54, 1.807) is 12.1 Å². The average molecular weight is 291 g/mol. The van der Waals surface area contributed by atoms with Crippen LogP contribution < -0.4 is 10.2 Å². The fourth-order valence-electron chi connectivity index (χ4n) is 3.04. The number of rotatable bonds is 6. The van der Waals surface area contributed by atoms with Gasteiger partial charge in [0, 0.05) is 30.9 Å². The molecule has 1 unspecified atom stereocenters. The van der Waals surface area contributed by atoms with E-state index in [-0.39, 0.29) is 10.6 Å². The van der Waals surface area contributed by atoms with Gasteiger partial charge in [0.2, 0.25) is 0 Å². The van der Waals surface area contributed by atoms with E-state index in [2.05, 4.69) is 24.1 Å². The Morgan fingerprint density at radius 1 is 1.48 bits per heavy atom. The van der Waals surface area contributed by atoms with E-state index in [1.807, 2.05) is 13.0 Å². The molecule has 2 rings (SSSR count). The summed E-state index contributed by atoms with van der Waals surface area (Å²) in [6.07, 6.45) is 2.40. The van der Waals surface area contributed by atoms with Crippen molar-refractivity contribution in [3.63, 3.8) is 0 Å². The first-order valence-electron chi connectivity index (χ1n) is 7.71. The van der Waals surface area contributed by atoms with Crippen LogP contribution in [0.4, 0.5) is 11.4 Å². The zero-order valence-corrected chi connectivity index (χ0v) is 13.1. The van der Waals surface area contributed by atoms with Crippen molar-refractivity contribution in [1.29, 1.82) is 0 Å². The summed E-state index contributed by atoms with van der Waals surface area (Å²) < 4.78 is 0. The van der Waals surface area contributed by atoms with Gasteiger partial charge in [-0.1, -0.05) is 19.9 Å². The Morgan fingerprint density at radius 3 is 2.81 bits per heavy atom. The second-order valence-electron chi connectivity index (χ2n) is 6.27. The molecule has 5 nitrogen and oxygen atoms in total. The largest absolute Gasteiger partial charge is 0.369 e. The highest BCUT2D eigenvalue weighted by molar-refractivity contribution is 5.61. The Kier molecular flexibility index (Phi) is 5.17. The van der Waals surface area contributed by atoms with Gasteiger partial charge in [-0.2, -0.15) is 0 Å². The van der Waals surface area contributed by atoms with Gasteiger partial charge in [-0.3, -0.25) is 10.1 Å². The first-order valence-corrected chi connectivity index (χ1v) is 7.71. The van der Waals surface area contributed by atoms with Gasteiger partial charge >= 0.3 is 0 Å². The lowest BCUT2D eigenvalue weighted by molar-refractivity contribution is -0.385. The number of anilines is 1. The molecule has 1 aromatic rings. The lowest BCUT2D eigenvalue weighted by atomic mass is 10.1. The highest BCUT2D eigenvalue weighted by atomic mass is 16.6. The number of hydrogen-bond acceptors (Lipinski definition) is 4. The maximum atomic E-state index is 11.1. The molecule has 0 saturated carbocycles. The normalized spacial score (nSPS) is 18.2. The summed E-state index contributed by atoms with van der Waals surface area (Å²) in [4.78, 5) is 13.1. The van der Waals surface area contributed by atoms with E-state index in [9.17, 15) is 10.1 Å². The fourth-order valence-corrected chi connectivity index (χ4v) is 3.04. The second-order valence-corrected chi connectivity index (χ2v) is 6.27. The van der Waals surface area contributed by atoms with Gasteiger partial charge in [0.25, 0.3) is 5.69 Å². The van der Waals surface area contributed by atoms with E-state index in [0.717, 1.165) is 30.9 Å². The topological polar surface area (TPSA) is 58.4 Å². The molecule has 0 aliphatic carbocycles. The molecule has 0 amide bonds. The van der Waals surface area contributed by atoms with E-state index < -0.39 is 0 Å². The molecule has 1 fully saturated rings. The summed E-state index contributed by atoms with van der Waals surface area (Å²) >= 11 is 0. The van der Waals surface area contributed by atoms with Crippen LogP contribution in [0.5, 0.6) is 0 Å². The summed E-state index contributed by atoms with van der Waals surface area (Å²) in [5.41, 5.74) is 1.97. The molecule has 21 heavy (non-hydrogen) atoms. The third-order valence-electron chi connectivity index (χ3n) is 4.00. The van der Waals surface area contributed by atoms with Crippen LogP contribution in [0.15, 0.2) is 18.2 Å². The first-order chi connectivity index (χ1) is 9.99. The maximum Gasteiger partial charge on any atom is 0.274 e. The van der Waals surface area contributed by atoms with Gasteiger partial charge < -0.3 is 10.2 Å². The number of hydrogen-bond donors (Lipinski definition) is 1. The van der Waals surface area contributed by atoms with Crippen molar-refractivity contribution in [2.24, 2.45) is 5.92 Å². The smallest absolute Gasteiger partial charge is 0.274 e. The van der Waals surface area contributed by atoms with Gasteiger partial charge in [0.05, 0.1) is 10.5 Å². The minimum Gasteiger partial charge on any atom is -0.369 e. The number of nitro groups is 1. The molecule has 116 valence electrons. The molecule has 0 aromatic heterocycles. The second kappa shape index (κ2) is 6.89. The van der Waals surface area contributed by atoms with E-state index in [1.165, 1.54) is 12.8 Å². The minimum atomic E-state index is -0.291. The number of nitro benzene ring substituents is 1. The van der Waals surface area contributed by atoms with Gasteiger partial charge in [-0.15, -0.1) is 0 Å². The number of benzene rings is 1. The Labute approximate surface area is 126 Å². The number of nitrogens with one attached hydrogen (secondary N) is 1. The summed E-state index contributed by atoms with van der Waals surface area (Å²) in [7, 11) is 0. The van der Waals surface area contributed by atoms with Crippen LogP contribution in [0.2, 0.25) is 0 Å². The van der Waals surface area contributed by atoms with Crippen molar-refractivity contribution >= 4 is 11.4 Å². The molecule has 1 aliphatic heterocycles. The van der Waals surface area contributed by atoms with Crippen LogP contribution in [0.25, 0.3) is 0 Å². The van der Waals surface area contributed by atoms with Crippen molar-refractivity contribution in [3.8, 4) is 0 Å². The van der Waals surface area contributed by atoms with Crippen molar-refractivity contribution in [2.75, 3.05) is 24.5 Å². The van der Waals surface area contributed by atoms with Crippen LogP contribution in [0.3, 0.4) is 0 Å². The van der Waals surface area contributed by atoms with Crippen LogP contribution in [-0.4, -0.2) is 30.6 Å². The Balaban J connectivity index is 2.26. The van der Waals surface area contributed by atoms with Crippen LogP contribution >= 0.6 is 0 Å². The van der Waals surface area contributed by atoms with Crippen LogP contribution in [0.1, 0.15) is 32.3 Å². The molecule has 1 heterocycles. The molecule has 1 aliphatic rings. The van der Waals surface area contributed by atoms with Crippen molar-refractivity contribution < 1.29 is 4.92 Å². The van der Waals surface area contributed by atoms with E-state index >= 15 is 0 Å². The van der Waals surface area contributed by atoms with Crippen LogP contribution in [0, 0.1) is 23.0 Å².